The number of aryl methyl sites for hydroxylation is 1. The molecular formula is C41H44F3N9O4. The molecular weight excluding hydrogens is 740 g/mol. The highest BCUT2D eigenvalue weighted by atomic mass is 19.4. The van der Waals surface area contributed by atoms with Gasteiger partial charge in [0.2, 0.25) is 5.82 Å². The van der Waals surface area contributed by atoms with Crippen LogP contribution < -0.4 is 10.6 Å². The second-order valence-electron chi connectivity index (χ2n) is 15.3. The number of rotatable bonds is 9. The van der Waals surface area contributed by atoms with Crippen molar-refractivity contribution in [1.82, 2.24) is 34.5 Å². The Labute approximate surface area is 326 Å². The predicted octanol–water partition coefficient (Wildman–Crippen LogP) is 6.72. The summed E-state index contributed by atoms with van der Waals surface area (Å²) in [6.07, 6.45) is 0.0433. The highest BCUT2D eigenvalue weighted by Crippen LogP contribution is 2.38. The van der Waals surface area contributed by atoms with Gasteiger partial charge in [0, 0.05) is 43.8 Å². The van der Waals surface area contributed by atoms with Gasteiger partial charge < -0.3 is 20.8 Å². The van der Waals surface area contributed by atoms with Crippen LogP contribution in [0.15, 0.2) is 54.7 Å². The van der Waals surface area contributed by atoms with Crippen LogP contribution in [0.5, 0.6) is 0 Å². The van der Waals surface area contributed by atoms with Gasteiger partial charge in [-0.15, -0.1) is 0 Å². The fraction of sp³-hybridized carbons (Fsp3) is 0.415. The summed E-state index contributed by atoms with van der Waals surface area (Å²) in [6.45, 7) is 7.43. The van der Waals surface area contributed by atoms with Crippen molar-refractivity contribution in [3.8, 4) is 11.1 Å². The average Bonchev–Trinajstić information content (AvgIpc) is 3.82. The number of aliphatic hydroxyl groups excluding tert-OH is 1. The Hall–Kier alpha value is -5.45. The summed E-state index contributed by atoms with van der Waals surface area (Å²) in [5.74, 6) is -2.78. The number of amides is 1. The number of nitrogens with one attached hydrogen (secondary N) is 2. The summed E-state index contributed by atoms with van der Waals surface area (Å²) in [5.41, 5.74) is 6.47. The van der Waals surface area contributed by atoms with Crippen LogP contribution >= 0.6 is 0 Å². The number of β-amino-alcohol motifs (C(OH)–C–C–N with tert-alkyl or cyclic N) is 1. The van der Waals surface area contributed by atoms with Gasteiger partial charge in [0.1, 0.15) is 5.52 Å². The Morgan fingerprint density at radius 3 is 2.32 bits per heavy atom. The molecule has 1 amide bonds. The Morgan fingerprint density at radius 2 is 1.63 bits per heavy atom. The second kappa shape index (κ2) is 15.5. The number of hydrogen-bond acceptors (Lipinski definition) is 10. The van der Waals surface area contributed by atoms with Gasteiger partial charge in [-0.2, -0.15) is 18.3 Å². The van der Waals surface area contributed by atoms with E-state index in [1.807, 2.05) is 53.8 Å². The van der Waals surface area contributed by atoms with E-state index in [2.05, 4.69) is 35.6 Å². The first-order chi connectivity index (χ1) is 27.3. The normalized spacial score (nSPS) is 19.5. The van der Waals surface area contributed by atoms with E-state index in [0.717, 1.165) is 40.8 Å². The first-order valence-corrected chi connectivity index (χ1v) is 19.3. The summed E-state index contributed by atoms with van der Waals surface area (Å²) in [5, 5.41) is 30.2. The number of hydrogen-bond donors (Lipinski definition) is 4. The zero-order valence-corrected chi connectivity index (χ0v) is 31.7. The van der Waals surface area contributed by atoms with E-state index in [-0.39, 0.29) is 34.7 Å². The van der Waals surface area contributed by atoms with Crippen LogP contribution in [0.25, 0.3) is 22.2 Å². The number of carbonyl (C=O) groups excluding carboxylic acids is 1. The van der Waals surface area contributed by atoms with Crippen LogP contribution in [0.4, 0.5) is 30.4 Å². The first-order valence-electron chi connectivity index (χ1n) is 19.3. The Kier molecular flexibility index (Phi) is 10.4. The third kappa shape index (κ3) is 7.93. The molecule has 298 valence electrons. The van der Waals surface area contributed by atoms with E-state index in [0.29, 0.717) is 81.2 Å². The number of benzene rings is 2. The summed E-state index contributed by atoms with van der Waals surface area (Å²) in [6, 6.07) is 14.6. The number of anilines is 3. The van der Waals surface area contributed by atoms with Crippen LogP contribution in [0.2, 0.25) is 0 Å². The molecule has 0 saturated carbocycles. The highest BCUT2D eigenvalue weighted by molar-refractivity contribution is 6.04. The van der Waals surface area contributed by atoms with Gasteiger partial charge in [0.05, 0.1) is 29.3 Å². The van der Waals surface area contributed by atoms with Crippen molar-refractivity contribution in [2.24, 2.45) is 5.92 Å². The van der Waals surface area contributed by atoms with Gasteiger partial charge in [0.15, 0.2) is 11.5 Å². The third-order valence-corrected chi connectivity index (χ3v) is 11.5. The van der Waals surface area contributed by atoms with Crippen molar-refractivity contribution >= 4 is 40.1 Å². The Balaban J connectivity index is 1.03. The highest BCUT2D eigenvalue weighted by Gasteiger charge is 2.36. The molecule has 0 bridgehead atoms. The molecule has 5 aromatic rings. The van der Waals surface area contributed by atoms with Crippen molar-refractivity contribution < 1.29 is 33.0 Å². The Bertz CT molecular complexity index is 2340. The number of fused-ring (bicyclic) bond motifs is 2. The number of aliphatic carboxylic acids is 1. The van der Waals surface area contributed by atoms with E-state index < -0.39 is 24.1 Å². The van der Waals surface area contributed by atoms with Crippen LogP contribution in [0, 0.1) is 19.8 Å². The standard InChI is InChI=1S/C41H44F3N9O4/c1-23-28(6-3-8-30(23)46-37-36-32(48-40(49-37)41(42,43)44)18-25(20-45-36)21-51-15-13-27(54)22-51)29-7-4-9-31(24(29)2)47-38(55)33-19-35-34(10-5-14-53(35)50-33)52-16-11-26(12-17-52)39(56)57/h3-4,6-9,18-20,26-27,34,54H,5,10-17,21-22H2,1-2H3,(H,47,55)(H,56,57)(H,46,48,49)/t27-,34+/m1/s1. The molecule has 0 aliphatic carbocycles. The first kappa shape index (κ1) is 38.4. The number of pyridine rings is 1. The minimum absolute atomic E-state index is 0.0552. The molecule has 0 spiro atoms. The quantitative estimate of drug-likeness (QED) is 0.126. The molecule has 57 heavy (non-hydrogen) atoms. The lowest BCUT2D eigenvalue weighted by Crippen LogP contribution is -2.40. The SMILES string of the molecule is Cc1c(NC(=O)c2cc3n(n2)CCC[C@@H]3N2CCC(C(=O)O)CC2)cccc1-c1cccc(Nc2nc(C(F)(F)F)nc3cc(CN4CC[C@@H](O)C4)cnc23)c1C. The predicted molar refractivity (Wildman–Crippen MR) is 207 cm³/mol. The van der Waals surface area contributed by atoms with Crippen LogP contribution in [0.1, 0.15) is 76.8 Å². The number of alkyl halides is 3. The van der Waals surface area contributed by atoms with Gasteiger partial charge in [-0.25, -0.2) is 9.97 Å². The topological polar surface area (TPSA) is 162 Å². The number of nitrogens with zero attached hydrogens (tertiary/aromatic N) is 7. The molecule has 2 saturated heterocycles. The molecule has 8 rings (SSSR count). The monoisotopic (exact) mass is 783 g/mol. The maximum atomic E-state index is 14.1. The molecule has 3 aromatic heterocycles. The van der Waals surface area contributed by atoms with E-state index in [1.165, 1.54) is 0 Å². The third-order valence-electron chi connectivity index (χ3n) is 11.5. The number of carbonyl (C=O) groups is 2. The van der Waals surface area contributed by atoms with E-state index >= 15 is 0 Å². The summed E-state index contributed by atoms with van der Waals surface area (Å²) in [7, 11) is 0. The van der Waals surface area contributed by atoms with E-state index in [1.54, 1.807) is 24.4 Å². The van der Waals surface area contributed by atoms with Crippen molar-refractivity contribution in [1.29, 1.82) is 0 Å². The number of halogens is 3. The van der Waals surface area contributed by atoms with Crippen molar-refractivity contribution in [3.63, 3.8) is 0 Å². The van der Waals surface area contributed by atoms with Gasteiger partial charge in [-0.1, -0.05) is 24.3 Å². The molecule has 3 aliphatic heterocycles. The summed E-state index contributed by atoms with van der Waals surface area (Å²) < 4.78 is 44.1. The lowest BCUT2D eigenvalue weighted by atomic mass is 9.93. The van der Waals surface area contributed by atoms with Crippen LogP contribution in [-0.2, 0) is 24.1 Å². The minimum Gasteiger partial charge on any atom is -0.481 e. The summed E-state index contributed by atoms with van der Waals surface area (Å²) >= 11 is 0. The minimum atomic E-state index is -4.79. The number of aliphatic hydroxyl groups is 1. The molecule has 2 aromatic carbocycles. The van der Waals surface area contributed by atoms with Gasteiger partial charge >= 0.3 is 12.1 Å². The smallest absolute Gasteiger partial charge is 0.451 e. The van der Waals surface area contributed by atoms with Gasteiger partial charge in [0.25, 0.3) is 5.91 Å². The molecule has 2 atom stereocenters. The molecule has 13 nitrogen and oxygen atoms in total. The van der Waals surface area contributed by atoms with Crippen molar-refractivity contribution in [3.05, 3.63) is 88.6 Å². The number of likely N-dealkylation sites (tertiary alicyclic amines) is 2. The lowest BCUT2D eigenvalue weighted by molar-refractivity contribution is -0.145. The molecule has 0 unspecified atom stereocenters. The fourth-order valence-corrected chi connectivity index (χ4v) is 8.41. The van der Waals surface area contributed by atoms with Crippen molar-refractivity contribution in [2.75, 3.05) is 36.8 Å². The van der Waals surface area contributed by atoms with Crippen LogP contribution in [0.3, 0.4) is 0 Å². The van der Waals surface area contributed by atoms with Gasteiger partial charge in [-0.05, 0) is 111 Å². The zero-order valence-electron chi connectivity index (χ0n) is 31.7. The largest absolute Gasteiger partial charge is 0.481 e. The number of aromatic nitrogens is 5. The molecule has 4 N–H and O–H groups in total. The number of piperidine rings is 1. The second-order valence-corrected chi connectivity index (χ2v) is 15.3. The van der Waals surface area contributed by atoms with E-state index in [9.17, 15) is 33.0 Å². The Morgan fingerprint density at radius 1 is 0.912 bits per heavy atom. The maximum absolute atomic E-state index is 14.1. The fourth-order valence-electron chi connectivity index (χ4n) is 8.41. The van der Waals surface area contributed by atoms with E-state index in [4.69, 9.17) is 0 Å². The number of carboxylic acids is 1. The van der Waals surface area contributed by atoms with Crippen molar-refractivity contribution in [2.45, 2.75) is 77.4 Å². The van der Waals surface area contributed by atoms with Gasteiger partial charge in [-0.3, -0.25) is 29.1 Å². The zero-order chi connectivity index (χ0) is 40.0. The van der Waals surface area contributed by atoms with Crippen LogP contribution in [-0.4, -0.2) is 88.9 Å². The summed E-state index contributed by atoms with van der Waals surface area (Å²) in [4.78, 5) is 41.7. The number of carboxylic acid groups (broad SMARTS) is 1. The average molecular weight is 784 g/mol. The molecule has 16 heteroatoms. The molecule has 6 heterocycles. The lowest BCUT2D eigenvalue weighted by Gasteiger charge is -2.38. The molecule has 2 fully saturated rings. The molecule has 3 aliphatic rings. The maximum Gasteiger partial charge on any atom is 0.451 e. The molecule has 0 radical (unpaired) electrons.